The molecule has 1 amide bonds. The van der Waals surface area contributed by atoms with Gasteiger partial charge in [0.1, 0.15) is 19.5 Å². The van der Waals surface area contributed by atoms with Gasteiger partial charge in [0.2, 0.25) is 0 Å². The number of amides is 1. The van der Waals surface area contributed by atoms with Crippen LogP contribution in [0.15, 0.2) is 35.5 Å². The first-order valence-corrected chi connectivity index (χ1v) is 6.36. The number of ether oxygens (including phenoxy) is 1. The fourth-order valence-corrected chi connectivity index (χ4v) is 1.88. The molecule has 0 spiro atoms. The summed E-state index contributed by atoms with van der Waals surface area (Å²) < 4.78 is 4.88. The summed E-state index contributed by atoms with van der Waals surface area (Å²) in [6.45, 7) is 0.891. The predicted octanol–water partition coefficient (Wildman–Crippen LogP) is 1.60. The average Bonchev–Trinajstić information content (AvgIpc) is 2.81. The summed E-state index contributed by atoms with van der Waals surface area (Å²) in [6, 6.07) is 9.44. The molecule has 1 atom stereocenters. The van der Waals surface area contributed by atoms with Gasteiger partial charge in [-0.3, -0.25) is 4.90 Å². The molecule has 20 heavy (non-hydrogen) atoms. The van der Waals surface area contributed by atoms with Crippen molar-refractivity contribution < 1.29 is 19.2 Å². The fourth-order valence-electron chi connectivity index (χ4n) is 1.88. The van der Waals surface area contributed by atoms with Crippen molar-refractivity contribution in [1.29, 1.82) is 0 Å². The van der Waals surface area contributed by atoms with Gasteiger partial charge in [-0.15, -0.1) is 0 Å². The summed E-state index contributed by atoms with van der Waals surface area (Å²) in [4.78, 5) is 28.5. The molecule has 0 bridgehead atoms. The third-order valence-electron chi connectivity index (χ3n) is 2.94. The van der Waals surface area contributed by atoms with Crippen molar-refractivity contribution in [2.75, 3.05) is 13.2 Å². The topological polar surface area (TPSA) is 68.2 Å². The Hall–Kier alpha value is -2.37. The highest BCUT2D eigenvalue weighted by Gasteiger charge is 2.31. The predicted molar refractivity (Wildman–Crippen MR) is 72.2 cm³/mol. The van der Waals surface area contributed by atoms with Crippen LogP contribution < -0.4 is 0 Å². The Morgan fingerprint density at radius 2 is 2.20 bits per heavy atom. The van der Waals surface area contributed by atoms with E-state index in [0.29, 0.717) is 6.61 Å². The molecule has 1 aromatic carbocycles. The SMILES string of the molecule is O=CC[C@H]1COC(=O)N1C/C=N\OCc1ccccc1. The number of aldehydes is 1. The summed E-state index contributed by atoms with van der Waals surface area (Å²) in [7, 11) is 0. The number of cyclic esters (lactones) is 1. The highest BCUT2D eigenvalue weighted by Crippen LogP contribution is 2.13. The van der Waals surface area contributed by atoms with Crippen LogP contribution in [0.1, 0.15) is 12.0 Å². The normalized spacial score (nSPS) is 18.3. The molecular formula is C14H16N2O4. The number of benzene rings is 1. The van der Waals surface area contributed by atoms with Gasteiger partial charge in [-0.25, -0.2) is 4.79 Å². The second kappa shape index (κ2) is 7.28. The van der Waals surface area contributed by atoms with Crippen molar-refractivity contribution in [3.05, 3.63) is 35.9 Å². The molecule has 0 aromatic heterocycles. The zero-order valence-corrected chi connectivity index (χ0v) is 11.0. The van der Waals surface area contributed by atoms with Gasteiger partial charge >= 0.3 is 6.09 Å². The van der Waals surface area contributed by atoms with Crippen LogP contribution in [0, 0.1) is 0 Å². The lowest BCUT2D eigenvalue weighted by molar-refractivity contribution is -0.108. The maximum atomic E-state index is 11.4. The van der Waals surface area contributed by atoms with Crippen LogP contribution in [-0.4, -0.2) is 42.7 Å². The van der Waals surface area contributed by atoms with E-state index in [1.807, 2.05) is 30.3 Å². The third-order valence-corrected chi connectivity index (χ3v) is 2.94. The zero-order valence-electron chi connectivity index (χ0n) is 11.0. The Morgan fingerprint density at radius 3 is 2.95 bits per heavy atom. The van der Waals surface area contributed by atoms with Crippen molar-refractivity contribution in [2.24, 2.45) is 5.16 Å². The average molecular weight is 276 g/mol. The molecule has 1 aliphatic heterocycles. The molecule has 6 heteroatoms. The third kappa shape index (κ3) is 3.81. The first-order chi connectivity index (χ1) is 9.81. The maximum absolute atomic E-state index is 11.4. The highest BCUT2D eigenvalue weighted by atomic mass is 16.6. The molecule has 0 N–H and O–H groups in total. The summed E-state index contributed by atoms with van der Waals surface area (Å²) in [5, 5.41) is 3.80. The minimum absolute atomic E-state index is 0.208. The Bertz CT molecular complexity index is 475. The van der Waals surface area contributed by atoms with Crippen molar-refractivity contribution in [2.45, 2.75) is 19.1 Å². The standard InChI is InChI=1S/C14H16N2O4/c17-9-6-13-11-19-14(18)16(13)8-7-15-20-10-12-4-2-1-3-5-12/h1-5,7,9,13H,6,8,10-11H2/b15-7-/t13-/m0/s1. The molecule has 2 rings (SSSR count). The second-order valence-electron chi connectivity index (χ2n) is 4.33. The van der Waals surface area contributed by atoms with Crippen LogP contribution >= 0.6 is 0 Å². The van der Waals surface area contributed by atoms with Crippen LogP contribution in [-0.2, 0) is 21.0 Å². The number of carbonyl (C=O) groups excluding carboxylic acids is 2. The van der Waals surface area contributed by atoms with Gasteiger partial charge in [0, 0.05) is 6.42 Å². The quantitative estimate of drug-likeness (QED) is 0.431. The second-order valence-corrected chi connectivity index (χ2v) is 4.33. The lowest BCUT2D eigenvalue weighted by atomic mass is 10.2. The molecule has 1 saturated heterocycles. The van der Waals surface area contributed by atoms with E-state index in [-0.39, 0.29) is 25.6 Å². The maximum Gasteiger partial charge on any atom is 0.410 e. The number of rotatable bonds is 7. The molecule has 1 heterocycles. The zero-order chi connectivity index (χ0) is 14.2. The van der Waals surface area contributed by atoms with E-state index in [1.54, 1.807) is 0 Å². The Morgan fingerprint density at radius 1 is 1.40 bits per heavy atom. The number of nitrogens with zero attached hydrogens (tertiary/aromatic N) is 2. The van der Waals surface area contributed by atoms with Gasteiger partial charge in [0.15, 0.2) is 0 Å². The van der Waals surface area contributed by atoms with Gasteiger partial charge in [-0.2, -0.15) is 0 Å². The van der Waals surface area contributed by atoms with Crippen LogP contribution in [0.5, 0.6) is 0 Å². The van der Waals surface area contributed by atoms with E-state index in [2.05, 4.69) is 5.16 Å². The van der Waals surface area contributed by atoms with E-state index < -0.39 is 6.09 Å². The van der Waals surface area contributed by atoms with Gasteiger partial charge in [-0.1, -0.05) is 35.5 Å². The molecule has 0 saturated carbocycles. The molecule has 0 radical (unpaired) electrons. The molecule has 0 unspecified atom stereocenters. The van der Waals surface area contributed by atoms with E-state index in [4.69, 9.17) is 9.57 Å². The summed E-state index contributed by atoms with van der Waals surface area (Å²) in [5.74, 6) is 0. The lowest BCUT2D eigenvalue weighted by Crippen LogP contribution is -2.35. The Labute approximate surface area is 117 Å². The summed E-state index contributed by atoms with van der Waals surface area (Å²) >= 11 is 0. The molecule has 6 nitrogen and oxygen atoms in total. The van der Waals surface area contributed by atoms with Crippen molar-refractivity contribution in [3.63, 3.8) is 0 Å². The van der Waals surface area contributed by atoms with E-state index in [1.165, 1.54) is 11.1 Å². The minimum atomic E-state index is -0.425. The van der Waals surface area contributed by atoms with Crippen molar-refractivity contribution >= 4 is 18.6 Å². The molecule has 0 aliphatic carbocycles. The lowest BCUT2D eigenvalue weighted by Gasteiger charge is -2.16. The number of hydrogen-bond acceptors (Lipinski definition) is 5. The Kier molecular flexibility index (Phi) is 5.11. The number of oxime groups is 1. The van der Waals surface area contributed by atoms with Gasteiger partial charge in [0.05, 0.1) is 18.8 Å². The van der Waals surface area contributed by atoms with E-state index in [0.717, 1.165) is 11.8 Å². The Balaban J connectivity index is 1.75. The number of carbonyl (C=O) groups is 2. The fraction of sp³-hybridized carbons (Fsp3) is 0.357. The summed E-state index contributed by atoms with van der Waals surface area (Å²) in [5.41, 5.74) is 1.02. The first-order valence-electron chi connectivity index (χ1n) is 6.36. The van der Waals surface area contributed by atoms with Gasteiger partial charge < -0.3 is 14.4 Å². The van der Waals surface area contributed by atoms with Crippen molar-refractivity contribution in [1.82, 2.24) is 4.90 Å². The number of hydrogen-bond donors (Lipinski definition) is 0. The van der Waals surface area contributed by atoms with Gasteiger partial charge in [-0.05, 0) is 5.56 Å². The highest BCUT2D eigenvalue weighted by molar-refractivity contribution is 5.75. The van der Waals surface area contributed by atoms with Gasteiger partial charge in [0.25, 0.3) is 0 Å². The van der Waals surface area contributed by atoms with Crippen molar-refractivity contribution in [3.8, 4) is 0 Å². The van der Waals surface area contributed by atoms with E-state index >= 15 is 0 Å². The van der Waals surface area contributed by atoms with Crippen LogP contribution in [0.4, 0.5) is 4.79 Å². The monoisotopic (exact) mass is 276 g/mol. The minimum Gasteiger partial charge on any atom is -0.447 e. The van der Waals surface area contributed by atoms with Crippen LogP contribution in [0.3, 0.4) is 0 Å². The molecule has 106 valence electrons. The summed E-state index contributed by atoms with van der Waals surface area (Å²) in [6.07, 6.45) is 2.12. The molecular weight excluding hydrogens is 260 g/mol. The van der Waals surface area contributed by atoms with Crippen LogP contribution in [0.25, 0.3) is 0 Å². The smallest absolute Gasteiger partial charge is 0.410 e. The molecule has 1 aromatic rings. The van der Waals surface area contributed by atoms with Crippen LogP contribution in [0.2, 0.25) is 0 Å². The molecule has 1 fully saturated rings. The van der Waals surface area contributed by atoms with E-state index in [9.17, 15) is 9.59 Å². The first kappa shape index (κ1) is 14.0. The largest absolute Gasteiger partial charge is 0.447 e. The molecule has 1 aliphatic rings.